The predicted molar refractivity (Wildman–Crippen MR) is 62.3 cm³/mol. The normalized spacial score (nSPS) is 26.3. The molecule has 0 radical (unpaired) electrons. The minimum atomic E-state index is -0.947. The molecule has 1 fully saturated rings. The topological polar surface area (TPSA) is 69.6 Å². The van der Waals surface area contributed by atoms with Crippen LogP contribution in [-0.2, 0) is 4.79 Å². The molecule has 2 unspecified atom stereocenters. The van der Waals surface area contributed by atoms with E-state index < -0.39 is 12.1 Å². The monoisotopic (exact) mass is 229 g/mol. The van der Waals surface area contributed by atoms with Crippen LogP contribution in [0.25, 0.3) is 0 Å². The largest absolute Gasteiger partial charge is 0.481 e. The van der Waals surface area contributed by atoms with Gasteiger partial charge in [0.2, 0.25) is 0 Å². The Bertz CT molecular complexity index is 240. The van der Waals surface area contributed by atoms with Gasteiger partial charge in [-0.2, -0.15) is 0 Å². The summed E-state index contributed by atoms with van der Waals surface area (Å²) in [4.78, 5) is 10.4. The molecule has 0 saturated heterocycles. The van der Waals surface area contributed by atoms with E-state index in [2.05, 4.69) is 19.2 Å². The number of aliphatic hydroxyl groups excluding tert-OH is 1. The number of carbonyl (C=O) groups is 1. The smallest absolute Gasteiger partial charge is 0.306 e. The van der Waals surface area contributed by atoms with Crippen molar-refractivity contribution in [1.29, 1.82) is 0 Å². The van der Waals surface area contributed by atoms with Gasteiger partial charge in [0.05, 0.1) is 12.5 Å². The summed E-state index contributed by atoms with van der Waals surface area (Å²) in [5.41, 5.74) is 0.251. The molecule has 0 heterocycles. The van der Waals surface area contributed by atoms with Crippen molar-refractivity contribution >= 4 is 5.97 Å². The van der Waals surface area contributed by atoms with Crippen molar-refractivity contribution in [2.75, 3.05) is 6.54 Å². The number of aliphatic hydroxyl groups is 1. The third-order valence-electron chi connectivity index (χ3n) is 3.52. The third kappa shape index (κ3) is 4.10. The maximum atomic E-state index is 10.4. The van der Waals surface area contributed by atoms with E-state index in [1.165, 1.54) is 19.3 Å². The van der Waals surface area contributed by atoms with Crippen LogP contribution in [-0.4, -0.2) is 34.9 Å². The maximum Gasteiger partial charge on any atom is 0.306 e. The molecule has 4 heteroatoms. The Kier molecular flexibility index (Phi) is 4.74. The second-order valence-electron chi connectivity index (χ2n) is 5.45. The summed E-state index contributed by atoms with van der Waals surface area (Å²) >= 11 is 0. The molecule has 4 nitrogen and oxygen atoms in total. The highest BCUT2D eigenvalue weighted by Gasteiger charge is 2.31. The van der Waals surface area contributed by atoms with Gasteiger partial charge in [0.15, 0.2) is 0 Å². The van der Waals surface area contributed by atoms with Gasteiger partial charge in [-0.05, 0) is 18.3 Å². The van der Waals surface area contributed by atoms with Crippen LogP contribution in [0.15, 0.2) is 0 Å². The number of rotatable bonds is 5. The van der Waals surface area contributed by atoms with E-state index in [9.17, 15) is 9.90 Å². The van der Waals surface area contributed by atoms with E-state index in [4.69, 9.17) is 5.11 Å². The molecular formula is C12H23NO3. The fraction of sp³-hybridized carbons (Fsp3) is 0.917. The molecule has 0 bridgehead atoms. The summed E-state index contributed by atoms with van der Waals surface area (Å²) in [6.45, 7) is 4.83. The highest BCUT2D eigenvalue weighted by Crippen LogP contribution is 2.35. The second-order valence-corrected chi connectivity index (χ2v) is 5.45. The van der Waals surface area contributed by atoms with Gasteiger partial charge in [-0.1, -0.05) is 26.7 Å². The van der Waals surface area contributed by atoms with Gasteiger partial charge in [-0.3, -0.25) is 4.79 Å². The van der Waals surface area contributed by atoms with E-state index in [0.29, 0.717) is 12.6 Å². The molecule has 1 saturated carbocycles. The van der Waals surface area contributed by atoms with E-state index in [1.807, 2.05) is 0 Å². The Labute approximate surface area is 97.0 Å². The molecule has 3 N–H and O–H groups in total. The van der Waals surface area contributed by atoms with Crippen molar-refractivity contribution in [1.82, 2.24) is 5.32 Å². The zero-order chi connectivity index (χ0) is 12.2. The fourth-order valence-electron chi connectivity index (χ4n) is 2.42. The lowest BCUT2D eigenvalue weighted by Gasteiger charge is -2.39. The van der Waals surface area contributed by atoms with Crippen molar-refractivity contribution in [2.45, 2.75) is 58.1 Å². The molecule has 94 valence electrons. The molecule has 1 aliphatic rings. The molecule has 16 heavy (non-hydrogen) atoms. The van der Waals surface area contributed by atoms with Crippen molar-refractivity contribution in [3.05, 3.63) is 0 Å². The minimum Gasteiger partial charge on any atom is -0.481 e. The first-order valence-electron chi connectivity index (χ1n) is 6.05. The molecule has 0 aromatic rings. The highest BCUT2D eigenvalue weighted by molar-refractivity contribution is 5.67. The van der Waals surface area contributed by atoms with Gasteiger partial charge >= 0.3 is 5.97 Å². The van der Waals surface area contributed by atoms with E-state index in [1.54, 1.807) is 0 Å². The van der Waals surface area contributed by atoms with Crippen LogP contribution in [0, 0.1) is 5.41 Å². The van der Waals surface area contributed by atoms with E-state index in [-0.39, 0.29) is 11.8 Å². The summed E-state index contributed by atoms with van der Waals surface area (Å²) in [5, 5.41) is 21.3. The van der Waals surface area contributed by atoms with Crippen LogP contribution in [0.4, 0.5) is 0 Å². The first-order chi connectivity index (χ1) is 7.42. The summed E-state index contributed by atoms with van der Waals surface area (Å²) in [5.74, 6) is -0.947. The van der Waals surface area contributed by atoms with Crippen LogP contribution in [0.3, 0.4) is 0 Å². The summed E-state index contributed by atoms with van der Waals surface area (Å²) in [6.07, 6.45) is 3.83. The lowest BCUT2D eigenvalue weighted by atomic mass is 9.73. The first kappa shape index (κ1) is 13.5. The maximum absolute atomic E-state index is 10.4. The van der Waals surface area contributed by atoms with Gasteiger partial charge in [-0.25, -0.2) is 0 Å². The van der Waals surface area contributed by atoms with Crippen LogP contribution in [0.1, 0.15) is 46.0 Å². The van der Waals surface area contributed by atoms with Crippen LogP contribution in [0.2, 0.25) is 0 Å². The average molecular weight is 229 g/mol. The lowest BCUT2D eigenvalue weighted by Crippen LogP contribution is -2.46. The highest BCUT2D eigenvalue weighted by atomic mass is 16.4. The minimum absolute atomic E-state index is 0.180. The standard InChI is InChI=1S/C12H23NO3/c1-12(2)6-4-3-5-10(12)13-8-9(14)7-11(15)16/h9-10,13-14H,3-8H2,1-2H3,(H,15,16). The van der Waals surface area contributed by atoms with Gasteiger partial charge in [0, 0.05) is 12.6 Å². The number of aliphatic carboxylic acids is 1. The van der Waals surface area contributed by atoms with Crippen LogP contribution in [0.5, 0.6) is 0 Å². The molecule has 0 amide bonds. The molecule has 1 rings (SSSR count). The Morgan fingerprint density at radius 1 is 1.50 bits per heavy atom. The SMILES string of the molecule is CC1(C)CCCCC1NCC(O)CC(=O)O. The fourth-order valence-corrected chi connectivity index (χ4v) is 2.42. The van der Waals surface area contributed by atoms with Gasteiger partial charge < -0.3 is 15.5 Å². The van der Waals surface area contributed by atoms with Gasteiger partial charge in [0.1, 0.15) is 0 Å². The quantitative estimate of drug-likeness (QED) is 0.666. The number of hydrogen-bond donors (Lipinski definition) is 3. The molecule has 0 spiro atoms. The van der Waals surface area contributed by atoms with E-state index in [0.717, 1.165) is 6.42 Å². The molecule has 1 aliphatic carbocycles. The number of hydrogen-bond acceptors (Lipinski definition) is 3. The summed E-state index contributed by atoms with van der Waals surface area (Å²) in [6, 6.07) is 0.393. The lowest BCUT2D eigenvalue weighted by molar-refractivity contribution is -0.139. The third-order valence-corrected chi connectivity index (χ3v) is 3.52. The average Bonchev–Trinajstić information content (AvgIpc) is 2.14. The summed E-state index contributed by atoms with van der Waals surface area (Å²) in [7, 11) is 0. The Morgan fingerprint density at radius 2 is 2.19 bits per heavy atom. The van der Waals surface area contributed by atoms with Gasteiger partial charge in [-0.15, -0.1) is 0 Å². The van der Waals surface area contributed by atoms with Crippen molar-refractivity contribution in [3.63, 3.8) is 0 Å². The molecule has 0 aromatic heterocycles. The van der Waals surface area contributed by atoms with E-state index >= 15 is 0 Å². The predicted octanol–water partition coefficient (Wildman–Crippen LogP) is 1.38. The Morgan fingerprint density at radius 3 is 2.75 bits per heavy atom. The Hall–Kier alpha value is -0.610. The van der Waals surface area contributed by atoms with Crippen molar-refractivity contribution in [2.24, 2.45) is 5.41 Å². The molecule has 0 aliphatic heterocycles. The summed E-state index contributed by atoms with van der Waals surface area (Å²) < 4.78 is 0. The van der Waals surface area contributed by atoms with Crippen LogP contribution < -0.4 is 5.32 Å². The van der Waals surface area contributed by atoms with Crippen molar-refractivity contribution in [3.8, 4) is 0 Å². The zero-order valence-electron chi connectivity index (χ0n) is 10.2. The van der Waals surface area contributed by atoms with Gasteiger partial charge in [0.25, 0.3) is 0 Å². The Balaban J connectivity index is 2.33. The molecule has 2 atom stereocenters. The molecule has 0 aromatic carbocycles. The first-order valence-corrected chi connectivity index (χ1v) is 6.05. The molecular weight excluding hydrogens is 206 g/mol. The zero-order valence-corrected chi connectivity index (χ0v) is 10.2. The number of carboxylic acid groups (broad SMARTS) is 1. The van der Waals surface area contributed by atoms with Crippen LogP contribution >= 0.6 is 0 Å². The second kappa shape index (κ2) is 5.64. The number of nitrogens with one attached hydrogen (secondary N) is 1. The van der Waals surface area contributed by atoms with Crippen molar-refractivity contribution < 1.29 is 15.0 Å². The number of carboxylic acids is 1.